The second-order valence-electron chi connectivity index (χ2n) is 8.86. The minimum Gasteiger partial charge on any atom is -0.477 e. The van der Waals surface area contributed by atoms with Crippen LogP contribution in [0.3, 0.4) is 0 Å². The SMILES string of the molecule is NCC1CN(c2nc3c(cc2F)c(=O)c(C(=O)O)cn3[C@@H]2C[C@@H]2F)C/C1=N\OCc1ccc(Br)cc1. The van der Waals surface area contributed by atoms with Crippen LogP contribution in [0.25, 0.3) is 11.0 Å². The normalized spacial score (nSPS) is 22.4. The fourth-order valence-electron chi connectivity index (χ4n) is 4.31. The molecule has 3 heterocycles. The van der Waals surface area contributed by atoms with Crippen LogP contribution in [0.4, 0.5) is 14.6 Å². The Bertz CT molecular complexity index is 1430. The third kappa shape index (κ3) is 4.58. The number of benzene rings is 1. The first kappa shape index (κ1) is 24.3. The number of hydrogen-bond donors (Lipinski definition) is 2. The first-order valence-electron chi connectivity index (χ1n) is 11.3. The number of rotatable bonds is 7. The summed E-state index contributed by atoms with van der Waals surface area (Å²) in [5.74, 6) is -2.52. The average Bonchev–Trinajstić information content (AvgIpc) is 3.43. The molecule has 1 unspecified atom stereocenters. The van der Waals surface area contributed by atoms with E-state index < -0.39 is 35.0 Å². The molecule has 1 aromatic carbocycles. The van der Waals surface area contributed by atoms with Crippen LogP contribution in [0.2, 0.25) is 0 Å². The number of nitrogens with two attached hydrogens (primary N) is 1. The van der Waals surface area contributed by atoms with Crippen molar-refractivity contribution in [3.63, 3.8) is 0 Å². The molecule has 2 aromatic heterocycles. The van der Waals surface area contributed by atoms with Crippen molar-refractivity contribution in [1.82, 2.24) is 9.55 Å². The summed E-state index contributed by atoms with van der Waals surface area (Å²) < 4.78 is 31.4. The van der Waals surface area contributed by atoms with Crippen molar-refractivity contribution in [2.45, 2.75) is 25.2 Å². The topological polar surface area (TPSA) is 123 Å². The maximum absolute atomic E-state index is 15.2. The van der Waals surface area contributed by atoms with Crippen LogP contribution < -0.4 is 16.1 Å². The lowest BCUT2D eigenvalue weighted by atomic mass is 10.1. The summed E-state index contributed by atoms with van der Waals surface area (Å²) in [7, 11) is 0. The molecule has 0 spiro atoms. The number of carboxylic acid groups (broad SMARTS) is 1. The molecule has 1 aliphatic heterocycles. The van der Waals surface area contributed by atoms with Crippen molar-refractivity contribution in [2.24, 2.45) is 16.8 Å². The zero-order valence-corrected chi connectivity index (χ0v) is 20.5. The number of carbonyl (C=O) groups is 1. The van der Waals surface area contributed by atoms with Gasteiger partial charge in [-0.15, -0.1) is 0 Å². The third-order valence-corrected chi connectivity index (χ3v) is 6.91. The Morgan fingerprint density at radius 2 is 2.06 bits per heavy atom. The van der Waals surface area contributed by atoms with E-state index in [4.69, 9.17) is 10.6 Å². The predicted octanol–water partition coefficient (Wildman–Crippen LogP) is 3.25. The molecule has 2 fully saturated rings. The van der Waals surface area contributed by atoms with E-state index in [1.54, 1.807) is 4.90 Å². The first-order valence-corrected chi connectivity index (χ1v) is 12.1. The van der Waals surface area contributed by atoms with Gasteiger partial charge in [-0.25, -0.2) is 18.6 Å². The van der Waals surface area contributed by atoms with E-state index >= 15 is 4.39 Å². The first-order chi connectivity index (χ1) is 17.3. The standard InChI is InChI=1S/C24H22BrF2N5O4/c25-14-3-1-12(2-4-14)11-36-30-19-10-31(8-13(19)7-28)23-18(27)5-15-21(33)16(24(34)35)9-32(22(15)29-23)20-6-17(20)26/h1-5,9,13,17,20H,6-8,10-11,28H2,(H,34,35)/b30-19+/t13?,17-,20+/m0/s1. The lowest BCUT2D eigenvalue weighted by Crippen LogP contribution is -2.26. The van der Waals surface area contributed by atoms with E-state index in [9.17, 15) is 19.1 Å². The van der Waals surface area contributed by atoms with Gasteiger partial charge in [0.15, 0.2) is 11.6 Å². The van der Waals surface area contributed by atoms with Gasteiger partial charge in [-0.2, -0.15) is 0 Å². The number of oxime groups is 1. The molecule has 36 heavy (non-hydrogen) atoms. The second-order valence-corrected chi connectivity index (χ2v) is 9.78. The number of hydrogen-bond acceptors (Lipinski definition) is 7. The molecule has 188 valence electrons. The van der Waals surface area contributed by atoms with Crippen LogP contribution in [-0.4, -0.2) is 52.1 Å². The van der Waals surface area contributed by atoms with E-state index in [2.05, 4.69) is 26.1 Å². The van der Waals surface area contributed by atoms with E-state index in [0.717, 1.165) is 22.3 Å². The maximum Gasteiger partial charge on any atom is 0.341 e. The Hall–Kier alpha value is -3.38. The number of carboxylic acids is 1. The van der Waals surface area contributed by atoms with E-state index in [1.165, 1.54) is 4.57 Å². The smallest absolute Gasteiger partial charge is 0.341 e. The average molecular weight is 562 g/mol. The minimum absolute atomic E-state index is 0.0349. The van der Waals surface area contributed by atoms with E-state index in [-0.39, 0.29) is 48.9 Å². The molecule has 9 nitrogen and oxygen atoms in total. The van der Waals surface area contributed by atoms with Gasteiger partial charge >= 0.3 is 5.97 Å². The zero-order chi connectivity index (χ0) is 25.6. The molecule has 12 heteroatoms. The van der Waals surface area contributed by atoms with Crippen molar-refractivity contribution in [1.29, 1.82) is 0 Å². The lowest BCUT2D eigenvalue weighted by Gasteiger charge is -2.19. The molecule has 0 radical (unpaired) electrons. The molecule has 1 saturated heterocycles. The summed E-state index contributed by atoms with van der Waals surface area (Å²) in [6.07, 6.45) is 0.0564. The van der Waals surface area contributed by atoms with Gasteiger partial charge in [0.25, 0.3) is 0 Å². The number of anilines is 1. The number of aromatic carboxylic acids is 1. The minimum atomic E-state index is -1.47. The van der Waals surface area contributed by atoms with Gasteiger partial charge in [0.2, 0.25) is 5.43 Å². The number of alkyl halides is 1. The molecule has 3 aromatic rings. The van der Waals surface area contributed by atoms with Crippen LogP contribution in [0.1, 0.15) is 28.4 Å². The van der Waals surface area contributed by atoms with E-state index in [1.807, 2.05) is 24.3 Å². The number of fused-ring (bicyclic) bond motifs is 1. The Kier molecular flexibility index (Phi) is 6.47. The van der Waals surface area contributed by atoms with Crippen molar-refractivity contribution in [3.05, 3.63) is 68.2 Å². The Morgan fingerprint density at radius 1 is 1.33 bits per heavy atom. The quantitative estimate of drug-likeness (QED) is 0.424. The highest BCUT2D eigenvalue weighted by molar-refractivity contribution is 9.10. The number of pyridine rings is 2. The number of halogens is 3. The number of aromatic nitrogens is 2. The summed E-state index contributed by atoms with van der Waals surface area (Å²) in [6.45, 7) is 1.02. The van der Waals surface area contributed by atoms with Crippen LogP contribution in [0.5, 0.6) is 0 Å². The summed E-state index contributed by atoms with van der Waals surface area (Å²) >= 11 is 3.38. The van der Waals surface area contributed by atoms with Crippen molar-refractivity contribution in [3.8, 4) is 0 Å². The molecule has 3 N–H and O–H groups in total. The van der Waals surface area contributed by atoms with Crippen molar-refractivity contribution < 1.29 is 23.5 Å². The summed E-state index contributed by atoms with van der Waals surface area (Å²) in [4.78, 5) is 35.7. The van der Waals surface area contributed by atoms with Gasteiger partial charge in [0, 0.05) is 36.1 Å². The summed E-state index contributed by atoms with van der Waals surface area (Å²) in [6, 6.07) is 7.90. The van der Waals surface area contributed by atoms with Crippen LogP contribution in [0, 0.1) is 11.7 Å². The Morgan fingerprint density at radius 3 is 2.69 bits per heavy atom. The third-order valence-electron chi connectivity index (χ3n) is 6.38. The highest BCUT2D eigenvalue weighted by atomic mass is 79.9. The molecule has 0 bridgehead atoms. The summed E-state index contributed by atoms with van der Waals surface area (Å²) in [5.41, 5.74) is 6.08. The molecule has 2 aliphatic rings. The van der Waals surface area contributed by atoms with Gasteiger partial charge < -0.3 is 25.1 Å². The second kappa shape index (κ2) is 9.58. The molecular formula is C24H22BrF2N5O4. The highest BCUT2D eigenvalue weighted by Crippen LogP contribution is 2.40. The van der Waals surface area contributed by atoms with Gasteiger partial charge in [0.05, 0.1) is 23.7 Å². The van der Waals surface area contributed by atoms with E-state index in [0.29, 0.717) is 12.3 Å². The van der Waals surface area contributed by atoms with Crippen molar-refractivity contribution in [2.75, 3.05) is 24.5 Å². The summed E-state index contributed by atoms with van der Waals surface area (Å²) in [5, 5.41) is 13.4. The predicted molar refractivity (Wildman–Crippen MR) is 133 cm³/mol. The zero-order valence-electron chi connectivity index (χ0n) is 18.9. The molecular weight excluding hydrogens is 540 g/mol. The van der Waals surface area contributed by atoms with Crippen LogP contribution >= 0.6 is 15.9 Å². The fraction of sp³-hybridized carbons (Fsp3) is 0.333. The van der Waals surface area contributed by atoms with Gasteiger partial charge in [0.1, 0.15) is 24.0 Å². The molecule has 5 rings (SSSR count). The Balaban J connectivity index is 1.46. The molecule has 0 amide bonds. The Labute approximate surface area is 212 Å². The van der Waals surface area contributed by atoms with Gasteiger partial charge in [-0.05, 0) is 23.8 Å². The molecule has 3 atom stereocenters. The maximum atomic E-state index is 15.2. The van der Waals surface area contributed by atoms with Crippen LogP contribution in [0.15, 0.2) is 51.0 Å². The fourth-order valence-corrected chi connectivity index (χ4v) is 4.58. The van der Waals surface area contributed by atoms with Crippen molar-refractivity contribution >= 4 is 44.5 Å². The highest BCUT2D eigenvalue weighted by Gasteiger charge is 2.41. The molecule has 1 aliphatic carbocycles. The number of nitrogens with zero attached hydrogens (tertiary/aromatic N) is 4. The van der Waals surface area contributed by atoms with Crippen LogP contribution in [-0.2, 0) is 11.4 Å². The van der Waals surface area contributed by atoms with Gasteiger partial charge in [-0.1, -0.05) is 33.2 Å². The molecule has 1 saturated carbocycles. The van der Waals surface area contributed by atoms with Gasteiger partial charge in [-0.3, -0.25) is 4.79 Å². The lowest BCUT2D eigenvalue weighted by molar-refractivity contribution is 0.0694. The largest absolute Gasteiger partial charge is 0.477 e. The monoisotopic (exact) mass is 561 g/mol.